The molecule has 0 bridgehead atoms. The van der Waals surface area contributed by atoms with E-state index >= 15 is 0 Å². The summed E-state index contributed by atoms with van der Waals surface area (Å²) in [5, 5.41) is 2.10. The number of nitrogen functional groups attached to an aromatic ring is 1. The second kappa shape index (κ2) is 2.83. The molecule has 1 aromatic rings. The first-order chi connectivity index (χ1) is 5.72. The summed E-state index contributed by atoms with van der Waals surface area (Å²) in [5.41, 5.74) is 11.7. The van der Waals surface area contributed by atoms with E-state index in [1.54, 1.807) is 23.1 Å². The first kappa shape index (κ1) is 8.22. The molecule has 5 heteroatoms. The van der Waals surface area contributed by atoms with Gasteiger partial charge in [-0.15, -0.1) is 11.3 Å². The minimum absolute atomic E-state index is 0.0804. The highest BCUT2D eigenvalue weighted by atomic mass is 32.2. The Kier molecular flexibility index (Phi) is 1.94. The second-order valence-electron chi connectivity index (χ2n) is 2.61. The maximum absolute atomic E-state index is 5.89. The molecule has 3 nitrogen and oxygen atoms in total. The van der Waals surface area contributed by atoms with Crippen LogP contribution in [0.15, 0.2) is 11.0 Å². The molecule has 0 aliphatic carbocycles. The predicted molar refractivity (Wildman–Crippen MR) is 55.6 cm³/mol. The van der Waals surface area contributed by atoms with E-state index in [0.29, 0.717) is 0 Å². The standard InChI is InChI=1S/C7H11N3S2/c1-2-10-6-4(11-7(10)9)3-5(8)12-6/h3,7H,2,8-9H2,1H3. The largest absolute Gasteiger partial charge is 0.390 e. The Morgan fingerprint density at radius 3 is 3.08 bits per heavy atom. The molecular formula is C7H11N3S2. The molecule has 1 unspecified atom stereocenters. The summed E-state index contributed by atoms with van der Waals surface area (Å²) in [5.74, 6) is 0. The third-order valence-electron chi connectivity index (χ3n) is 1.86. The lowest BCUT2D eigenvalue weighted by molar-refractivity contribution is 0.816. The van der Waals surface area contributed by atoms with Crippen LogP contribution in [0.4, 0.5) is 10.0 Å². The molecule has 12 heavy (non-hydrogen) atoms. The Hall–Kier alpha value is -0.390. The Bertz CT molecular complexity index is 297. The summed E-state index contributed by atoms with van der Waals surface area (Å²) < 4.78 is 0. The Balaban J connectivity index is 2.38. The highest BCUT2D eigenvalue weighted by Gasteiger charge is 2.28. The Morgan fingerprint density at radius 2 is 2.42 bits per heavy atom. The van der Waals surface area contributed by atoms with Gasteiger partial charge in [0.1, 0.15) is 10.5 Å². The number of nitrogens with two attached hydrogens (primary N) is 2. The van der Waals surface area contributed by atoms with Crippen molar-refractivity contribution >= 4 is 33.1 Å². The molecular weight excluding hydrogens is 190 g/mol. The van der Waals surface area contributed by atoms with E-state index in [9.17, 15) is 0 Å². The summed E-state index contributed by atoms with van der Waals surface area (Å²) in [7, 11) is 0. The summed E-state index contributed by atoms with van der Waals surface area (Å²) in [6.45, 7) is 3.05. The van der Waals surface area contributed by atoms with Crippen LogP contribution in [0.25, 0.3) is 0 Å². The van der Waals surface area contributed by atoms with Crippen LogP contribution in [0.3, 0.4) is 0 Å². The number of fused-ring (bicyclic) bond motifs is 1. The highest BCUT2D eigenvalue weighted by Crippen LogP contribution is 2.47. The van der Waals surface area contributed by atoms with Crippen molar-refractivity contribution in [1.82, 2.24) is 0 Å². The number of anilines is 2. The van der Waals surface area contributed by atoms with Crippen molar-refractivity contribution < 1.29 is 0 Å². The third-order valence-corrected chi connectivity index (χ3v) is 4.05. The molecule has 1 atom stereocenters. The topological polar surface area (TPSA) is 55.3 Å². The van der Waals surface area contributed by atoms with E-state index in [-0.39, 0.29) is 5.50 Å². The fourth-order valence-electron chi connectivity index (χ4n) is 1.30. The maximum Gasteiger partial charge on any atom is 0.131 e. The molecule has 0 amide bonds. The lowest BCUT2D eigenvalue weighted by Gasteiger charge is -2.19. The van der Waals surface area contributed by atoms with Gasteiger partial charge < -0.3 is 16.4 Å². The zero-order valence-corrected chi connectivity index (χ0v) is 8.41. The quantitative estimate of drug-likeness (QED) is 0.723. The minimum Gasteiger partial charge on any atom is -0.390 e. The van der Waals surface area contributed by atoms with Crippen LogP contribution in [0.2, 0.25) is 0 Å². The van der Waals surface area contributed by atoms with E-state index in [4.69, 9.17) is 11.5 Å². The predicted octanol–water partition coefficient (Wildman–Crippen LogP) is 1.50. The van der Waals surface area contributed by atoms with Gasteiger partial charge in [-0.3, -0.25) is 0 Å². The number of nitrogens with zero attached hydrogens (tertiary/aromatic N) is 1. The van der Waals surface area contributed by atoms with Gasteiger partial charge >= 0.3 is 0 Å². The van der Waals surface area contributed by atoms with E-state index in [0.717, 1.165) is 11.5 Å². The fraction of sp³-hybridized carbons (Fsp3) is 0.429. The van der Waals surface area contributed by atoms with Crippen molar-refractivity contribution in [2.45, 2.75) is 17.3 Å². The molecule has 0 fully saturated rings. The van der Waals surface area contributed by atoms with Gasteiger partial charge in [0.05, 0.1) is 5.00 Å². The summed E-state index contributed by atoms with van der Waals surface area (Å²) in [6, 6.07) is 2.00. The summed E-state index contributed by atoms with van der Waals surface area (Å²) in [6.07, 6.45) is 0. The van der Waals surface area contributed by atoms with Gasteiger partial charge in [-0.2, -0.15) is 0 Å². The van der Waals surface area contributed by atoms with Crippen LogP contribution in [0, 0.1) is 0 Å². The number of rotatable bonds is 1. The molecule has 66 valence electrons. The van der Waals surface area contributed by atoms with Crippen LogP contribution in [-0.4, -0.2) is 12.0 Å². The fourth-order valence-corrected chi connectivity index (χ4v) is 3.68. The summed E-state index contributed by atoms with van der Waals surface area (Å²) >= 11 is 3.29. The molecule has 2 heterocycles. The van der Waals surface area contributed by atoms with Crippen LogP contribution < -0.4 is 16.4 Å². The molecule has 0 saturated heterocycles. The SMILES string of the molecule is CCN1c2sc(N)cc2SC1N. The lowest BCUT2D eigenvalue weighted by atomic mass is 10.5. The molecule has 1 aliphatic rings. The zero-order chi connectivity index (χ0) is 8.72. The van der Waals surface area contributed by atoms with Gasteiger partial charge in [0.15, 0.2) is 0 Å². The van der Waals surface area contributed by atoms with Gasteiger partial charge in [-0.05, 0) is 13.0 Å². The summed E-state index contributed by atoms with van der Waals surface area (Å²) in [4.78, 5) is 3.40. The number of hydrogen-bond donors (Lipinski definition) is 2. The van der Waals surface area contributed by atoms with Gasteiger partial charge in [-0.1, -0.05) is 11.8 Å². The minimum atomic E-state index is 0.0804. The molecule has 1 aromatic heterocycles. The molecule has 4 N–H and O–H groups in total. The van der Waals surface area contributed by atoms with Crippen LogP contribution in [-0.2, 0) is 0 Å². The monoisotopic (exact) mass is 201 g/mol. The van der Waals surface area contributed by atoms with Gasteiger partial charge in [0.2, 0.25) is 0 Å². The van der Waals surface area contributed by atoms with Crippen LogP contribution in [0.5, 0.6) is 0 Å². The average molecular weight is 201 g/mol. The van der Waals surface area contributed by atoms with E-state index < -0.39 is 0 Å². The number of thioether (sulfide) groups is 1. The second-order valence-corrected chi connectivity index (χ2v) is 4.83. The molecule has 1 aliphatic heterocycles. The highest BCUT2D eigenvalue weighted by molar-refractivity contribution is 8.00. The van der Waals surface area contributed by atoms with Crippen molar-refractivity contribution in [2.75, 3.05) is 17.2 Å². The molecule has 0 aromatic carbocycles. The normalized spacial score (nSPS) is 21.5. The first-order valence-corrected chi connectivity index (χ1v) is 5.50. The average Bonchev–Trinajstić information content (AvgIpc) is 2.43. The Morgan fingerprint density at radius 1 is 1.67 bits per heavy atom. The Labute approximate surface area is 79.7 Å². The van der Waals surface area contributed by atoms with Crippen molar-refractivity contribution in [3.05, 3.63) is 6.07 Å². The number of thiophene rings is 1. The van der Waals surface area contributed by atoms with E-state index in [2.05, 4.69) is 11.8 Å². The van der Waals surface area contributed by atoms with Crippen molar-refractivity contribution in [2.24, 2.45) is 5.73 Å². The van der Waals surface area contributed by atoms with Crippen LogP contribution >= 0.6 is 23.1 Å². The molecule has 0 spiro atoms. The molecule has 2 rings (SSSR count). The first-order valence-electron chi connectivity index (χ1n) is 3.80. The van der Waals surface area contributed by atoms with E-state index in [1.807, 2.05) is 6.07 Å². The van der Waals surface area contributed by atoms with Gasteiger partial charge in [0, 0.05) is 11.4 Å². The molecule has 0 radical (unpaired) electrons. The van der Waals surface area contributed by atoms with Crippen LogP contribution in [0.1, 0.15) is 6.92 Å². The third kappa shape index (κ3) is 1.09. The zero-order valence-electron chi connectivity index (χ0n) is 6.78. The number of hydrogen-bond acceptors (Lipinski definition) is 5. The maximum atomic E-state index is 5.89. The lowest BCUT2D eigenvalue weighted by Crippen LogP contribution is -2.35. The molecule has 0 saturated carbocycles. The van der Waals surface area contributed by atoms with Gasteiger partial charge in [0.25, 0.3) is 0 Å². The van der Waals surface area contributed by atoms with Gasteiger partial charge in [-0.25, -0.2) is 0 Å². The van der Waals surface area contributed by atoms with Crippen molar-refractivity contribution in [3.63, 3.8) is 0 Å². The van der Waals surface area contributed by atoms with Crippen molar-refractivity contribution in [1.29, 1.82) is 0 Å². The van der Waals surface area contributed by atoms with Crippen molar-refractivity contribution in [3.8, 4) is 0 Å². The smallest absolute Gasteiger partial charge is 0.131 e. The van der Waals surface area contributed by atoms with E-state index in [1.165, 1.54) is 9.90 Å².